The Morgan fingerprint density at radius 3 is 2.66 bits per heavy atom. The number of carbonyl (C=O) groups excluding carboxylic acids is 1. The van der Waals surface area contributed by atoms with E-state index in [0.29, 0.717) is 25.2 Å². The van der Waals surface area contributed by atoms with E-state index in [-0.39, 0.29) is 24.0 Å². The molecule has 1 aliphatic carbocycles. The summed E-state index contributed by atoms with van der Waals surface area (Å²) in [6.45, 7) is 4.36. The molecule has 5 nitrogen and oxygen atoms in total. The number of aliphatic hydroxyl groups is 2. The van der Waals surface area contributed by atoms with E-state index in [1.165, 1.54) is 25.7 Å². The minimum Gasteiger partial charge on any atom is -0.478 e. The Hall–Kier alpha value is -1.46. The lowest BCUT2D eigenvalue weighted by Crippen LogP contribution is -2.19. The van der Waals surface area contributed by atoms with Gasteiger partial charge in [0.25, 0.3) is 0 Å². The Morgan fingerprint density at radius 1 is 1.21 bits per heavy atom. The SMILES string of the molecule is CCCCCC[C@H](C)C[C@H](O)/C=C/[C@@H]1[C@H](O)CC(=O)[C@@H]1CCCC/C=C/C(=O)O. The molecule has 5 heteroatoms. The van der Waals surface area contributed by atoms with E-state index in [9.17, 15) is 19.8 Å². The molecule has 0 bridgehead atoms. The minimum absolute atomic E-state index is 0.0898. The molecule has 1 saturated carbocycles. The quantitative estimate of drug-likeness (QED) is 0.208. The van der Waals surface area contributed by atoms with Gasteiger partial charge in [0, 0.05) is 24.3 Å². The summed E-state index contributed by atoms with van der Waals surface area (Å²) in [7, 11) is 0. The molecule has 29 heavy (non-hydrogen) atoms. The molecule has 0 aliphatic heterocycles. The van der Waals surface area contributed by atoms with Crippen LogP contribution >= 0.6 is 0 Å². The average molecular weight is 409 g/mol. The van der Waals surface area contributed by atoms with Gasteiger partial charge >= 0.3 is 5.97 Å². The highest BCUT2D eigenvalue weighted by Crippen LogP contribution is 2.34. The minimum atomic E-state index is -0.946. The normalized spacial score (nSPS) is 24.6. The molecule has 0 saturated heterocycles. The van der Waals surface area contributed by atoms with Crippen LogP contribution in [0.4, 0.5) is 0 Å². The molecule has 0 aromatic carbocycles. The van der Waals surface area contributed by atoms with Crippen LogP contribution in [-0.4, -0.2) is 39.3 Å². The first-order valence-electron chi connectivity index (χ1n) is 11.3. The van der Waals surface area contributed by atoms with Crippen LogP contribution in [0.3, 0.4) is 0 Å². The zero-order valence-electron chi connectivity index (χ0n) is 18.1. The van der Waals surface area contributed by atoms with E-state index < -0.39 is 18.2 Å². The number of carbonyl (C=O) groups is 2. The summed E-state index contributed by atoms with van der Waals surface area (Å²) in [6.07, 6.45) is 15.1. The van der Waals surface area contributed by atoms with E-state index in [4.69, 9.17) is 5.11 Å². The zero-order valence-corrected chi connectivity index (χ0v) is 18.1. The lowest BCUT2D eigenvalue weighted by Gasteiger charge is -2.19. The third-order valence-electron chi connectivity index (χ3n) is 5.88. The van der Waals surface area contributed by atoms with Crippen molar-refractivity contribution in [2.24, 2.45) is 17.8 Å². The number of Topliss-reactive ketones (excluding diaryl/α,β-unsaturated/α-hetero) is 1. The molecule has 0 aromatic rings. The molecule has 1 rings (SSSR count). The van der Waals surface area contributed by atoms with Crippen LogP contribution in [0.15, 0.2) is 24.3 Å². The third kappa shape index (κ3) is 10.8. The van der Waals surface area contributed by atoms with Gasteiger partial charge in [0.15, 0.2) is 0 Å². The predicted octanol–water partition coefficient (Wildman–Crippen LogP) is 4.67. The van der Waals surface area contributed by atoms with Gasteiger partial charge in [-0.25, -0.2) is 4.79 Å². The second-order valence-electron chi connectivity index (χ2n) is 8.59. The number of allylic oxidation sites excluding steroid dienone is 1. The first-order valence-corrected chi connectivity index (χ1v) is 11.3. The van der Waals surface area contributed by atoms with Crippen molar-refractivity contribution >= 4 is 11.8 Å². The second-order valence-corrected chi connectivity index (χ2v) is 8.59. The van der Waals surface area contributed by atoms with Crippen molar-refractivity contribution < 1.29 is 24.9 Å². The first-order chi connectivity index (χ1) is 13.8. The van der Waals surface area contributed by atoms with E-state index in [0.717, 1.165) is 25.3 Å². The Bertz CT molecular complexity index is 539. The number of hydrogen-bond donors (Lipinski definition) is 3. The number of carboxylic acid groups (broad SMARTS) is 1. The fourth-order valence-corrected chi connectivity index (χ4v) is 4.19. The zero-order chi connectivity index (χ0) is 21.6. The highest BCUT2D eigenvalue weighted by Gasteiger charge is 2.39. The number of rotatable bonds is 15. The van der Waals surface area contributed by atoms with Gasteiger partial charge in [-0.15, -0.1) is 0 Å². The summed E-state index contributed by atoms with van der Waals surface area (Å²) in [6, 6.07) is 0. The maximum absolute atomic E-state index is 12.3. The summed E-state index contributed by atoms with van der Waals surface area (Å²) in [5.74, 6) is -0.837. The number of aliphatic carboxylic acids is 1. The summed E-state index contributed by atoms with van der Waals surface area (Å²) >= 11 is 0. The molecule has 3 N–H and O–H groups in total. The van der Waals surface area contributed by atoms with Gasteiger partial charge in [0.05, 0.1) is 12.2 Å². The van der Waals surface area contributed by atoms with Crippen LogP contribution in [0.25, 0.3) is 0 Å². The lowest BCUT2D eigenvalue weighted by atomic mass is 9.88. The van der Waals surface area contributed by atoms with E-state index >= 15 is 0 Å². The average Bonchev–Trinajstić information content (AvgIpc) is 2.92. The van der Waals surface area contributed by atoms with Gasteiger partial charge in [-0.3, -0.25) is 4.79 Å². The van der Waals surface area contributed by atoms with Gasteiger partial charge in [-0.05, 0) is 31.6 Å². The van der Waals surface area contributed by atoms with Crippen molar-refractivity contribution in [1.29, 1.82) is 0 Å². The third-order valence-corrected chi connectivity index (χ3v) is 5.88. The number of aliphatic hydroxyl groups excluding tert-OH is 2. The van der Waals surface area contributed by atoms with Crippen LogP contribution in [0.5, 0.6) is 0 Å². The van der Waals surface area contributed by atoms with Gasteiger partial charge in [-0.1, -0.05) is 70.6 Å². The van der Waals surface area contributed by atoms with Crippen LogP contribution in [0, 0.1) is 17.8 Å². The van der Waals surface area contributed by atoms with Crippen LogP contribution < -0.4 is 0 Å². The highest BCUT2D eigenvalue weighted by molar-refractivity contribution is 5.84. The molecule has 0 heterocycles. The van der Waals surface area contributed by atoms with Gasteiger partial charge in [0.2, 0.25) is 0 Å². The highest BCUT2D eigenvalue weighted by atomic mass is 16.4. The Morgan fingerprint density at radius 2 is 1.97 bits per heavy atom. The molecule has 0 aromatic heterocycles. The lowest BCUT2D eigenvalue weighted by molar-refractivity contribution is -0.131. The molecule has 0 spiro atoms. The molecule has 1 aliphatic rings. The maximum atomic E-state index is 12.3. The maximum Gasteiger partial charge on any atom is 0.327 e. The fraction of sp³-hybridized carbons (Fsp3) is 0.750. The summed E-state index contributed by atoms with van der Waals surface area (Å²) in [4.78, 5) is 22.7. The summed E-state index contributed by atoms with van der Waals surface area (Å²) in [5.41, 5.74) is 0. The van der Waals surface area contributed by atoms with Crippen molar-refractivity contribution in [1.82, 2.24) is 0 Å². The standard InChI is InChI=1S/C24H40O5/c1-3-4-5-8-11-18(2)16-19(25)14-15-21-20(22(26)17-23(21)27)12-9-6-7-10-13-24(28)29/h10,13-15,18-21,23,25,27H,3-9,11-12,16-17H2,1-2H3,(H,28,29)/b13-10+,15-14+/t18-,19+,20+,21-,23+/m0/s1. The molecular weight excluding hydrogens is 368 g/mol. The summed E-state index contributed by atoms with van der Waals surface area (Å²) < 4.78 is 0. The van der Waals surface area contributed by atoms with Crippen LogP contribution in [-0.2, 0) is 9.59 Å². The molecule has 0 unspecified atom stereocenters. The van der Waals surface area contributed by atoms with Crippen molar-refractivity contribution in [2.45, 2.75) is 96.7 Å². The predicted molar refractivity (Wildman–Crippen MR) is 116 cm³/mol. The molecule has 166 valence electrons. The molecule has 1 fully saturated rings. The first kappa shape index (κ1) is 25.6. The fourth-order valence-electron chi connectivity index (χ4n) is 4.19. The van der Waals surface area contributed by atoms with Gasteiger partial charge in [-0.2, -0.15) is 0 Å². The molecule has 0 radical (unpaired) electrons. The second kappa shape index (κ2) is 14.5. The number of hydrogen-bond acceptors (Lipinski definition) is 4. The smallest absolute Gasteiger partial charge is 0.327 e. The number of unbranched alkanes of at least 4 members (excludes halogenated alkanes) is 5. The van der Waals surface area contributed by atoms with E-state index in [1.807, 2.05) is 6.08 Å². The van der Waals surface area contributed by atoms with Crippen molar-refractivity contribution in [3.63, 3.8) is 0 Å². The number of ketones is 1. The van der Waals surface area contributed by atoms with E-state index in [2.05, 4.69) is 13.8 Å². The molecular formula is C24H40O5. The van der Waals surface area contributed by atoms with Crippen LogP contribution in [0.1, 0.15) is 84.5 Å². The monoisotopic (exact) mass is 408 g/mol. The van der Waals surface area contributed by atoms with Crippen LogP contribution in [0.2, 0.25) is 0 Å². The summed E-state index contributed by atoms with van der Waals surface area (Å²) in [5, 5.41) is 29.2. The Kier molecular flexibility index (Phi) is 12.8. The largest absolute Gasteiger partial charge is 0.478 e. The van der Waals surface area contributed by atoms with Crippen molar-refractivity contribution in [3.05, 3.63) is 24.3 Å². The molecule has 0 amide bonds. The number of carboxylic acids is 1. The van der Waals surface area contributed by atoms with E-state index in [1.54, 1.807) is 12.2 Å². The topological polar surface area (TPSA) is 94.8 Å². The Labute approximate surface area is 175 Å². The molecule has 5 atom stereocenters. The van der Waals surface area contributed by atoms with Gasteiger partial charge < -0.3 is 15.3 Å². The van der Waals surface area contributed by atoms with Crippen molar-refractivity contribution in [3.8, 4) is 0 Å². The van der Waals surface area contributed by atoms with Crippen molar-refractivity contribution in [2.75, 3.05) is 0 Å². The van der Waals surface area contributed by atoms with Gasteiger partial charge in [0.1, 0.15) is 5.78 Å². The Balaban J connectivity index is 2.43.